The molecule has 0 aliphatic carbocycles. The van der Waals surface area contributed by atoms with Gasteiger partial charge in [-0.3, -0.25) is 4.79 Å². The van der Waals surface area contributed by atoms with Crippen LogP contribution in [0.15, 0.2) is 29.2 Å². The third-order valence-corrected chi connectivity index (χ3v) is 6.52. The Balaban J connectivity index is 2.25. The molecule has 2 rings (SSSR count). The molecule has 3 N–H and O–H groups in total. The molecule has 1 aliphatic heterocycles. The molecule has 0 saturated heterocycles. The molecular weight excluding hydrogens is 416 g/mol. The van der Waals surface area contributed by atoms with E-state index in [-0.39, 0.29) is 22.5 Å². The Morgan fingerprint density at radius 2 is 2.10 bits per heavy atom. The summed E-state index contributed by atoms with van der Waals surface area (Å²) in [7, 11) is -3.40. The van der Waals surface area contributed by atoms with Crippen molar-refractivity contribution in [2.75, 3.05) is 12.8 Å². The molecule has 1 aliphatic rings. The lowest BCUT2D eigenvalue weighted by Gasteiger charge is -2.22. The first kappa shape index (κ1) is 23.1. The number of allylic oxidation sites excluding steroid dienone is 2. The van der Waals surface area contributed by atoms with Crippen LogP contribution in [0.1, 0.15) is 40.4 Å². The number of hydrogen-bond donors (Lipinski definition) is 3. The molecule has 0 spiro atoms. The van der Waals surface area contributed by atoms with Crippen LogP contribution in [0.25, 0.3) is 0 Å². The molecule has 1 heterocycles. The number of amides is 1. The average molecular weight is 441 g/mol. The molecule has 1 atom stereocenters. The van der Waals surface area contributed by atoms with Crippen molar-refractivity contribution < 1.29 is 23.1 Å². The summed E-state index contributed by atoms with van der Waals surface area (Å²) in [6, 6.07) is 0.613. The highest BCUT2D eigenvalue weighted by atomic mass is 35.5. The first-order valence-electron chi connectivity index (χ1n) is 9.03. The average Bonchev–Trinajstić information content (AvgIpc) is 2.60. The maximum absolute atomic E-state index is 12.8. The van der Waals surface area contributed by atoms with E-state index in [1.165, 1.54) is 13.0 Å². The van der Waals surface area contributed by atoms with E-state index >= 15 is 0 Å². The number of carboxylic acids is 1. The molecular formula is C20H25ClN2O5S. The highest BCUT2D eigenvalue weighted by Gasteiger charge is 2.26. The second-order valence-electron chi connectivity index (χ2n) is 7.20. The van der Waals surface area contributed by atoms with Gasteiger partial charge in [-0.05, 0) is 49.6 Å². The molecule has 7 nitrogen and oxygen atoms in total. The van der Waals surface area contributed by atoms with Gasteiger partial charge in [-0.2, -0.15) is 0 Å². The van der Waals surface area contributed by atoms with Gasteiger partial charge in [0.2, 0.25) is 0 Å². The van der Waals surface area contributed by atoms with Gasteiger partial charge < -0.3 is 15.7 Å². The number of aryl methyl sites for hydroxylation is 1. The van der Waals surface area contributed by atoms with Crippen molar-refractivity contribution in [1.29, 1.82) is 0 Å². The maximum Gasteiger partial charge on any atom is 0.326 e. The van der Waals surface area contributed by atoms with Crippen molar-refractivity contribution in [3.63, 3.8) is 0 Å². The van der Waals surface area contributed by atoms with Crippen molar-refractivity contribution in [3.8, 4) is 0 Å². The zero-order chi connectivity index (χ0) is 21.9. The summed E-state index contributed by atoms with van der Waals surface area (Å²) in [6.07, 6.45) is 2.91. The largest absolute Gasteiger partial charge is 0.480 e. The fourth-order valence-electron chi connectivity index (χ4n) is 3.17. The van der Waals surface area contributed by atoms with Crippen molar-refractivity contribution in [2.24, 2.45) is 0 Å². The van der Waals surface area contributed by atoms with Gasteiger partial charge in [0.05, 0.1) is 10.6 Å². The van der Waals surface area contributed by atoms with E-state index in [4.69, 9.17) is 11.6 Å². The number of nitrogens with one attached hydrogen (secondary N) is 2. The third kappa shape index (κ3) is 5.68. The van der Waals surface area contributed by atoms with Gasteiger partial charge >= 0.3 is 5.97 Å². The number of hydrogen-bond acceptors (Lipinski definition) is 5. The SMILES string of the molecule is C=C(/C=C(\C)S(C)(=O)=O)C[C@H](NC(=O)c1c(C)cc2c(c1Cl)CCNC2)C(=O)O. The minimum atomic E-state index is -3.40. The van der Waals surface area contributed by atoms with Crippen LogP contribution < -0.4 is 10.6 Å². The number of halogens is 1. The van der Waals surface area contributed by atoms with Crippen molar-refractivity contribution in [1.82, 2.24) is 10.6 Å². The molecule has 1 aromatic rings. The molecule has 0 unspecified atom stereocenters. The van der Waals surface area contributed by atoms with Crippen molar-refractivity contribution in [2.45, 2.75) is 39.3 Å². The Morgan fingerprint density at radius 3 is 2.69 bits per heavy atom. The number of benzene rings is 1. The van der Waals surface area contributed by atoms with Gasteiger partial charge in [0.25, 0.3) is 5.91 Å². The normalized spacial score (nSPS) is 15.4. The second-order valence-corrected chi connectivity index (χ2v) is 9.77. The first-order chi connectivity index (χ1) is 13.4. The van der Waals surface area contributed by atoms with Crippen LogP contribution in [0.2, 0.25) is 5.02 Å². The van der Waals surface area contributed by atoms with Gasteiger partial charge in [0.15, 0.2) is 9.84 Å². The van der Waals surface area contributed by atoms with Gasteiger partial charge in [-0.15, -0.1) is 0 Å². The van der Waals surface area contributed by atoms with Crippen molar-refractivity contribution >= 4 is 33.3 Å². The molecule has 29 heavy (non-hydrogen) atoms. The van der Waals surface area contributed by atoms with E-state index in [0.29, 0.717) is 23.6 Å². The fourth-order valence-corrected chi connectivity index (χ4v) is 4.01. The number of carbonyl (C=O) groups is 2. The predicted molar refractivity (Wildman–Crippen MR) is 113 cm³/mol. The molecule has 0 fully saturated rings. The Labute approximate surface area is 175 Å². The van der Waals surface area contributed by atoms with Crippen LogP contribution in [0, 0.1) is 6.92 Å². The maximum atomic E-state index is 12.8. The predicted octanol–water partition coefficient (Wildman–Crippen LogP) is 2.37. The number of fused-ring (bicyclic) bond motifs is 1. The number of aliphatic carboxylic acids is 1. The quantitative estimate of drug-likeness (QED) is 0.561. The Bertz CT molecular complexity index is 999. The van der Waals surface area contributed by atoms with Crippen molar-refractivity contribution in [3.05, 3.63) is 56.5 Å². The smallest absolute Gasteiger partial charge is 0.326 e. The molecule has 158 valence electrons. The number of carboxylic acid groups (broad SMARTS) is 1. The molecule has 1 aromatic carbocycles. The summed E-state index contributed by atoms with van der Waals surface area (Å²) in [4.78, 5) is 24.6. The molecule has 0 bridgehead atoms. The highest BCUT2D eigenvalue weighted by Crippen LogP contribution is 2.30. The Hall–Kier alpha value is -2.16. The zero-order valence-electron chi connectivity index (χ0n) is 16.6. The summed E-state index contributed by atoms with van der Waals surface area (Å²) in [6.45, 7) is 8.29. The summed E-state index contributed by atoms with van der Waals surface area (Å²) >= 11 is 6.48. The van der Waals surface area contributed by atoms with Crippen LogP contribution >= 0.6 is 11.6 Å². The third-order valence-electron chi connectivity index (χ3n) is 4.81. The summed E-state index contributed by atoms with van der Waals surface area (Å²) in [5.41, 5.74) is 3.11. The molecule has 1 amide bonds. The van der Waals surface area contributed by atoms with Gasteiger partial charge in [-0.1, -0.05) is 29.8 Å². The minimum absolute atomic E-state index is 0.0696. The zero-order valence-corrected chi connectivity index (χ0v) is 18.2. The fraction of sp³-hybridized carbons (Fsp3) is 0.400. The van der Waals surface area contributed by atoms with E-state index in [9.17, 15) is 23.1 Å². The lowest BCUT2D eigenvalue weighted by Crippen LogP contribution is -2.41. The molecule has 0 aromatic heterocycles. The van der Waals surface area contributed by atoms with E-state index in [1.54, 1.807) is 6.92 Å². The first-order valence-corrected chi connectivity index (χ1v) is 11.3. The molecule has 0 saturated carbocycles. The van der Waals surface area contributed by atoms with Gasteiger partial charge in [0, 0.05) is 24.1 Å². The van der Waals surface area contributed by atoms with Crippen LogP contribution in [0.4, 0.5) is 0 Å². The van der Waals surface area contributed by atoms with Gasteiger partial charge in [0.1, 0.15) is 6.04 Å². The minimum Gasteiger partial charge on any atom is -0.480 e. The van der Waals surface area contributed by atoms with Crippen LogP contribution in [0.5, 0.6) is 0 Å². The highest BCUT2D eigenvalue weighted by molar-refractivity contribution is 7.94. The van der Waals surface area contributed by atoms with E-state index in [2.05, 4.69) is 17.2 Å². The summed E-state index contributed by atoms with van der Waals surface area (Å²) in [5.74, 6) is -1.83. The summed E-state index contributed by atoms with van der Waals surface area (Å²) in [5, 5.41) is 15.6. The number of rotatable bonds is 7. The van der Waals surface area contributed by atoms with E-state index in [0.717, 1.165) is 23.9 Å². The summed E-state index contributed by atoms with van der Waals surface area (Å²) < 4.78 is 23.1. The second kappa shape index (κ2) is 9.11. The topological polar surface area (TPSA) is 113 Å². The Kier molecular flexibility index (Phi) is 7.26. The molecule has 9 heteroatoms. The standard InChI is InChI=1S/C20H25ClN2O5S/c1-11(7-13(3)29(4,27)28)8-16(20(25)26)23-19(24)17-12(2)9-14-10-22-6-5-15(14)18(17)21/h7,9,16,22H,1,5-6,8,10H2,2-4H3,(H,23,24)(H,25,26)/b13-7+/t16-/m0/s1. The van der Waals surface area contributed by atoms with Crippen LogP contribution in [-0.2, 0) is 27.6 Å². The Morgan fingerprint density at radius 1 is 1.45 bits per heavy atom. The number of carbonyl (C=O) groups excluding carboxylic acids is 1. The van der Waals surface area contributed by atoms with E-state index < -0.39 is 27.8 Å². The lowest BCUT2D eigenvalue weighted by molar-refractivity contribution is -0.139. The number of sulfone groups is 1. The monoisotopic (exact) mass is 440 g/mol. The van der Waals surface area contributed by atoms with E-state index in [1.807, 2.05) is 6.07 Å². The van der Waals surface area contributed by atoms with Gasteiger partial charge in [-0.25, -0.2) is 13.2 Å². The van der Waals surface area contributed by atoms with Crippen LogP contribution in [0.3, 0.4) is 0 Å². The van der Waals surface area contributed by atoms with Crippen LogP contribution in [-0.4, -0.2) is 44.2 Å². The molecule has 0 radical (unpaired) electrons. The lowest BCUT2D eigenvalue weighted by atomic mass is 9.94.